The van der Waals surface area contributed by atoms with Gasteiger partial charge >= 0.3 is 0 Å². The Labute approximate surface area is 479 Å². The van der Waals surface area contributed by atoms with Crippen LogP contribution >= 0.6 is 21.6 Å². The van der Waals surface area contributed by atoms with Crippen LogP contribution in [0.5, 0.6) is 17.2 Å². The lowest BCUT2D eigenvalue weighted by Crippen LogP contribution is -2.22. The number of nitrogens with two attached hydrogens (primary N) is 2. The summed E-state index contributed by atoms with van der Waals surface area (Å²) in [4.78, 5) is 31.4. The highest BCUT2D eigenvalue weighted by atomic mass is 33.1. The number of Topliss-reactive ketones (excluding diaryl/α,β-unsaturated/α-hetero) is 1. The third-order valence-electron chi connectivity index (χ3n) is 16.6. The van der Waals surface area contributed by atoms with Crippen molar-refractivity contribution in [1.82, 2.24) is 4.98 Å². The van der Waals surface area contributed by atoms with Crippen molar-refractivity contribution in [2.24, 2.45) is 28.7 Å². The fourth-order valence-corrected chi connectivity index (χ4v) is 14.8. The van der Waals surface area contributed by atoms with E-state index in [1.54, 1.807) is 64.2 Å². The standard InChI is InChI=1S/C67H77N3O8S2/c1-43(72)32-47(13-18-50-33-45(12-17-49(50)25-30-71)11-10-44-6-3-2-4-7-44)22-27-67-28-23-54(73)19-14-46-16-21-62(75)65(35-46)78-31-26-48-15-20-61(74)59(34-48)58-38-63(76)55-24-29-70-60(55)9-5-8-51-36-57(66(68)69)52(37-56(51)58)41-79-80-42-53(39-67)64(77)40-67/h2-4,6-7,12,15-17,20-21,23-24,28-29,33-37,43,47,53,58,64,66,70-72,74-75,77H,9-11,13-14,18-19,22,25-27,30-32,38-42,68-69H2,1H3/b28-23+/t43-,47+,53-,58-,64+,67+/m0/s1. The first-order chi connectivity index (χ1) is 38.7. The van der Waals surface area contributed by atoms with Gasteiger partial charge in [-0.3, -0.25) is 9.59 Å². The number of hydrogen-bond acceptors (Lipinski definition) is 12. The van der Waals surface area contributed by atoms with Crippen molar-refractivity contribution in [3.63, 3.8) is 0 Å². The minimum Gasteiger partial charge on any atom is -0.508 e. The van der Waals surface area contributed by atoms with Gasteiger partial charge < -0.3 is 46.7 Å². The van der Waals surface area contributed by atoms with E-state index in [1.807, 2.05) is 31.2 Å². The Morgan fingerprint density at radius 1 is 0.812 bits per heavy atom. The summed E-state index contributed by atoms with van der Waals surface area (Å²) in [5.41, 5.74) is 24.2. The van der Waals surface area contributed by atoms with Crippen LogP contribution in [0.15, 0.2) is 121 Å². The minimum absolute atomic E-state index is 0.0163. The van der Waals surface area contributed by atoms with E-state index >= 15 is 0 Å². The van der Waals surface area contributed by atoms with E-state index in [4.69, 9.17) is 16.2 Å². The van der Waals surface area contributed by atoms with Crippen molar-refractivity contribution in [2.45, 2.75) is 133 Å². The van der Waals surface area contributed by atoms with E-state index in [9.17, 15) is 35.1 Å². The maximum Gasteiger partial charge on any atom is 0.165 e. The van der Waals surface area contributed by atoms with E-state index in [-0.39, 0.29) is 61.0 Å². The normalized spacial score (nSPS) is 21.0. The number of carbonyl (C=O) groups is 2. The van der Waals surface area contributed by atoms with E-state index in [2.05, 4.69) is 71.4 Å². The molecule has 11 nitrogen and oxygen atoms in total. The number of allylic oxidation sites excluding steroid dienone is 2. The van der Waals surface area contributed by atoms with Gasteiger partial charge in [0, 0.05) is 71.9 Å². The molecule has 0 saturated heterocycles. The number of aliphatic hydroxyl groups is 3. The van der Waals surface area contributed by atoms with Crippen molar-refractivity contribution in [3.8, 4) is 29.1 Å². The van der Waals surface area contributed by atoms with Gasteiger partial charge in [0.25, 0.3) is 0 Å². The third-order valence-corrected chi connectivity index (χ3v) is 19.1. The number of aliphatic hydroxyl groups excluding tert-OH is 3. The summed E-state index contributed by atoms with van der Waals surface area (Å²) in [6, 6.07) is 33.5. The highest BCUT2D eigenvalue weighted by molar-refractivity contribution is 8.76. The second-order valence-electron chi connectivity index (χ2n) is 22.5. The number of ether oxygens (including phenoxy) is 1. The molecule has 0 radical (unpaired) electrons. The molecule has 1 fully saturated rings. The predicted molar refractivity (Wildman–Crippen MR) is 321 cm³/mol. The monoisotopic (exact) mass is 1120 g/mol. The summed E-state index contributed by atoms with van der Waals surface area (Å²) in [7, 11) is 3.34. The molecule has 5 aromatic carbocycles. The lowest BCUT2D eigenvalue weighted by molar-refractivity contribution is -0.114. The van der Waals surface area contributed by atoms with Crippen molar-refractivity contribution < 1.29 is 39.9 Å². The Balaban J connectivity index is 0.995. The van der Waals surface area contributed by atoms with E-state index in [0.717, 1.165) is 77.6 Å². The maximum atomic E-state index is 14.3. The van der Waals surface area contributed by atoms with Gasteiger partial charge in [-0.1, -0.05) is 112 Å². The summed E-state index contributed by atoms with van der Waals surface area (Å²) in [6.45, 7) is 2.12. The van der Waals surface area contributed by atoms with Gasteiger partial charge in [0.15, 0.2) is 23.1 Å². The summed E-state index contributed by atoms with van der Waals surface area (Å²) in [6.07, 6.45) is 12.6. The zero-order valence-corrected chi connectivity index (χ0v) is 47.5. The molecular formula is C67H77N3O8S2. The Morgan fingerprint density at radius 3 is 2.41 bits per heavy atom. The maximum absolute atomic E-state index is 14.3. The summed E-state index contributed by atoms with van der Waals surface area (Å²) < 4.78 is 6.20. The first-order valence-corrected chi connectivity index (χ1v) is 30.9. The molecule has 0 unspecified atom stereocenters. The zero-order valence-electron chi connectivity index (χ0n) is 45.9. The molecule has 1 aromatic heterocycles. The number of phenols is 2. The van der Waals surface area contributed by atoms with E-state index < -0.39 is 29.7 Å². The molecule has 6 atom stereocenters. The van der Waals surface area contributed by atoms with Crippen LogP contribution in [0.2, 0.25) is 0 Å². The lowest BCUT2D eigenvalue weighted by Gasteiger charge is -2.29. The molecule has 1 aliphatic heterocycles. The summed E-state index contributed by atoms with van der Waals surface area (Å²) in [5, 5.41) is 55.5. The molecule has 3 aliphatic rings. The summed E-state index contributed by atoms with van der Waals surface area (Å²) in [5.74, 6) is 7.59. The Kier molecular flexibility index (Phi) is 20.2. The molecule has 13 heteroatoms. The first kappa shape index (κ1) is 58.6. The molecule has 80 heavy (non-hydrogen) atoms. The number of H-pyrrole nitrogens is 1. The van der Waals surface area contributed by atoms with Gasteiger partial charge in [-0.25, -0.2) is 0 Å². The number of benzene rings is 5. The quantitative estimate of drug-likeness (QED) is 0.0291. The van der Waals surface area contributed by atoms with Gasteiger partial charge in [-0.2, -0.15) is 0 Å². The lowest BCUT2D eigenvalue weighted by atomic mass is 9.76. The number of rotatable bonds is 14. The van der Waals surface area contributed by atoms with Crippen LogP contribution in [0.4, 0.5) is 0 Å². The SMILES string of the molecule is C[C@H](O)C[C@H](CCc1cc(CCc2ccccc2)ccc1CCO)CC[C@@]12/C=C/C(=O)CCc3ccc(O)c(c3)OCCc3ccc(O)c(c3)[C@H]3CC(=O)c4cc[nH]c4CC#Cc4cc(C(N)N)c(cc43)CSSC[C@H](C1)[C@H](O)C2. The topological polar surface area (TPSA) is 212 Å². The van der Waals surface area contributed by atoms with Crippen molar-refractivity contribution in [2.75, 3.05) is 19.0 Å². The number of carbonyl (C=O) groups excluding carboxylic acids is 2. The first-order valence-electron chi connectivity index (χ1n) is 28.4. The molecule has 0 amide bonds. The van der Waals surface area contributed by atoms with Crippen molar-refractivity contribution in [3.05, 3.63) is 194 Å². The average molecular weight is 1120 g/mol. The van der Waals surface area contributed by atoms with Gasteiger partial charge in [0.05, 0.1) is 31.4 Å². The molecule has 8 bridgehead atoms. The Morgan fingerprint density at radius 2 is 1.61 bits per heavy atom. The molecule has 2 heterocycles. The minimum atomic E-state index is -0.816. The number of hydrogen-bond donors (Lipinski definition) is 8. The molecule has 6 aromatic rings. The number of aromatic nitrogens is 1. The van der Waals surface area contributed by atoms with Gasteiger partial charge in [-0.05, 0) is 181 Å². The van der Waals surface area contributed by atoms with E-state index in [1.165, 1.54) is 16.7 Å². The number of fused-ring (bicyclic) bond motifs is 9. The third kappa shape index (κ3) is 15.3. The smallest absolute Gasteiger partial charge is 0.165 e. The van der Waals surface area contributed by atoms with Gasteiger partial charge in [-0.15, -0.1) is 0 Å². The van der Waals surface area contributed by atoms with Crippen LogP contribution in [0.1, 0.15) is 148 Å². The Hall–Kier alpha value is -6.08. The van der Waals surface area contributed by atoms with Gasteiger partial charge in [0.1, 0.15) is 5.75 Å². The number of phenolic OH excluding ortho intramolecular Hbond substituents is 2. The van der Waals surface area contributed by atoms with Crippen LogP contribution < -0.4 is 16.2 Å². The summed E-state index contributed by atoms with van der Waals surface area (Å²) >= 11 is 0. The number of aryl methyl sites for hydroxylation is 4. The second kappa shape index (κ2) is 27.6. The molecule has 2 aliphatic carbocycles. The van der Waals surface area contributed by atoms with Crippen molar-refractivity contribution in [1.29, 1.82) is 0 Å². The van der Waals surface area contributed by atoms with Gasteiger partial charge in [0.2, 0.25) is 0 Å². The largest absolute Gasteiger partial charge is 0.508 e. The van der Waals surface area contributed by atoms with Crippen molar-refractivity contribution >= 4 is 33.2 Å². The molecule has 420 valence electrons. The fraction of sp³-hybridized carbons (Fsp3) is 0.403. The van der Waals surface area contributed by atoms with Crippen LogP contribution in [0, 0.1) is 29.1 Å². The number of aromatic hydroxyl groups is 2. The fourth-order valence-electron chi connectivity index (χ4n) is 12.2. The highest BCUT2D eigenvalue weighted by Gasteiger charge is 2.43. The average Bonchev–Trinajstić information content (AvgIpc) is 4.13. The number of ketones is 2. The Bertz CT molecular complexity index is 3200. The molecule has 1 saturated carbocycles. The second-order valence-corrected chi connectivity index (χ2v) is 25.0. The predicted octanol–water partition coefficient (Wildman–Crippen LogP) is 11.1. The highest BCUT2D eigenvalue weighted by Crippen LogP contribution is 2.50. The molecule has 9 rings (SSSR count). The number of nitrogens with one attached hydrogen (secondary N) is 1. The van der Waals surface area contributed by atoms with Crippen LogP contribution in [-0.4, -0.2) is 73.3 Å². The molecular weight excluding hydrogens is 1040 g/mol. The van der Waals surface area contributed by atoms with E-state index in [0.29, 0.717) is 78.9 Å². The number of aromatic amines is 1. The molecule has 0 spiro atoms. The van der Waals surface area contributed by atoms with Crippen LogP contribution in [0.25, 0.3) is 0 Å². The van der Waals surface area contributed by atoms with Crippen LogP contribution in [-0.2, 0) is 55.5 Å². The van der Waals surface area contributed by atoms with Crippen LogP contribution in [0.3, 0.4) is 0 Å². The zero-order chi connectivity index (χ0) is 56.2. The molecule has 10 N–H and O–H groups in total.